The van der Waals surface area contributed by atoms with E-state index in [1.807, 2.05) is 0 Å². The van der Waals surface area contributed by atoms with Gasteiger partial charge in [-0.05, 0) is 50.6 Å². The number of hydrogen-bond acceptors (Lipinski definition) is 2. The van der Waals surface area contributed by atoms with Crippen molar-refractivity contribution in [3.05, 3.63) is 84.5 Å². The van der Waals surface area contributed by atoms with Gasteiger partial charge in [0.15, 0.2) is 11.0 Å². The molecule has 1 N–H and O–H groups in total. The number of nitrogens with zero attached hydrogens (tertiary/aromatic N) is 3. The number of hydrogen-bond donors (Lipinski definition) is 1. The third-order valence-corrected chi connectivity index (χ3v) is 5.85. The Hall–Kier alpha value is -3.27. The molecule has 0 atom stereocenters. The largest absolute Gasteiger partial charge is 0.340 e. The molecule has 3 aromatic rings. The fourth-order valence-electron chi connectivity index (χ4n) is 4.35. The summed E-state index contributed by atoms with van der Waals surface area (Å²) in [6, 6.07) is 17.2. The van der Waals surface area contributed by atoms with Crippen LogP contribution >= 0.6 is 0 Å². The normalized spacial score (nSPS) is 14.9. The van der Waals surface area contributed by atoms with Crippen molar-refractivity contribution in [1.82, 2.24) is 4.57 Å². The number of anilines is 2. The Morgan fingerprint density at radius 1 is 0.903 bits per heavy atom. The van der Waals surface area contributed by atoms with Crippen LogP contribution in [-0.2, 0) is 13.1 Å². The van der Waals surface area contributed by atoms with Crippen LogP contribution in [0, 0.1) is 0 Å². The molecule has 0 spiro atoms. The number of unbranched alkanes of at least 4 members (excludes halogenated alkanes) is 1. The number of aromatic nitrogens is 2. The van der Waals surface area contributed by atoms with Gasteiger partial charge in [0.2, 0.25) is 0 Å². The average molecular weight is 414 g/mol. The van der Waals surface area contributed by atoms with Gasteiger partial charge in [0.25, 0.3) is 5.82 Å². The lowest BCUT2D eigenvalue weighted by molar-refractivity contribution is -0.674. The fraction of sp³-hybridized carbons (Fsp3) is 0.296. The zero-order valence-corrected chi connectivity index (χ0v) is 18.9. The van der Waals surface area contributed by atoms with Crippen molar-refractivity contribution in [2.24, 2.45) is 0 Å². The second kappa shape index (κ2) is 9.69. The van der Waals surface area contributed by atoms with Crippen LogP contribution in [0.2, 0.25) is 0 Å². The Morgan fingerprint density at radius 3 is 2.52 bits per heavy atom. The quantitative estimate of drug-likeness (QED) is 0.356. The van der Waals surface area contributed by atoms with E-state index in [9.17, 15) is 0 Å². The molecular weight excluding hydrogens is 380 g/mol. The molecule has 4 nitrogen and oxygen atoms in total. The number of para-hydroxylation sites is 4. The van der Waals surface area contributed by atoms with E-state index < -0.39 is 0 Å². The third kappa shape index (κ3) is 4.15. The van der Waals surface area contributed by atoms with Crippen molar-refractivity contribution >= 4 is 28.5 Å². The third-order valence-electron chi connectivity index (χ3n) is 5.85. The van der Waals surface area contributed by atoms with Crippen molar-refractivity contribution < 1.29 is 4.57 Å². The topological polar surface area (TPSA) is 24.1 Å². The monoisotopic (exact) mass is 413 g/mol. The van der Waals surface area contributed by atoms with E-state index >= 15 is 0 Å². The maximum atomic E-state index is 3.52. The highest BCUT2D eigenvalue weighted by Gasteiger charge is 2.22. The molecule has 2 heterocycles. The van der Waals surface area contributed by atoms with Crippen LogP contribution in [0.3, 0.4) is 0 Å². The summed E-state index contributed by atoms with van der Waals surface area (Å²) in [5.74, 6) is 2.38. The van der Waals surface area contributed by atoms with E-state index in [-0.39, 0.29) is 0 Å². The van der Waals surface area contributed by atoms with Gasteiger partial charge < -0.3 is 10.2 Å². The number of benzene rings is 2. The molecule has 2 aromatic carbocycles. The lowest BCUT2D eigenvalue weighted by Crippen LogP contribution is -2.36. The van der Waals surface area contributed by atoms with Gasteiger partial charge in [-0.3, -0.25) is 0 Å². The number of fused-ring (bicyclic) bond motifs is 2. The van der Waals surface area contributed by atoms with Gasteiger partial charge in [-0.15, -0.1) is 0 Å². The summed E-state index contributed by atoms with van der Waals surface area (Å²) >= 11 is 0. The predicted octanol–water partition coefficient (Wildman–Crippen LogP) is 6.11. The van der Waals surface area contributed by atoms with Gasteiger partial charge in [0, 0.05) is 12.6 Å². The van der Waals surface area contributed by atoms with Crippen LogP contribution in [0.25, 0.3) is 17.1 Å². The molecule has 0 fully saturated rings. The van der Waals surface area contributed by atoms with Crippen molar-refractivity contribution in [1.29, 1.82) is 0 Å². The maximum Gasteiger partial charge on any atom is 0.282 e. The van der Waals surface area contributed by atoms with Crippen molar-refractivity contribution in [3.8, 4) is 0 Å². The zero-order chi connectivity index (χ0) is 21.6. The molecule has 1 aliphatic rings. The lowest BCUT2D eigenvalue weighted by atomic mass is 10.3. The van der Waals surface area contributed by atoms with Gasteiger partial charge >= 0.3 is 0 Å². The minimum absolute atomic E-state index is 0.938. The van der Waals surface area contributed by atoms with Crippen LogP contribution < -0.4 is 14.8 Å². The van der Waals surface area contributed by atoms with Gasteiger partial charge in [0.1, 0.15) is 5.82 Å². The number of nitrogens with one attached hydrogen (secondary N) is 1. The summed E-state index contributed by atoms with van der Waals surface area (Å²) in [6.07, 6.45) is 13.1. The fourth-order valence-corrected chi connectivity index (χ4v) is 4.35. The number of allylic oxidation sites excluding steroid dienone is 4. The summed E-state index contributed by atoms with van der Waals surface area (Å²) in [5.41, 5.74) is 5.03. The second-order valence-corrected chi connectivity index (χ2v) is 7.78. The van der Waals surface area contributed by atoms with Gasteiger partial charge in [0.05, 0.1) is 24.5 Å². The standard InChI is InChI=1S/C27H32N4/c1-4-7-21-31-25-18-14-13-17-24(25)30(6-3)27(31)20-10-8-9-19-26-28-22-15-11-12-16-23(22)29(26)5-2/h8-20H,4-7,21H2,1-3H3/p+1. The first-order chi connectivity index (χ1) is 15.3. The molecule has 1 aromatic heterocycles. The van der Waals surface area contributed by atoms with E-state index in [1.165, 1.54) is 41.1 Å². The molecule has 0 bridgehead atoms. The smallest absolute Gasteiger partial charge is 0.282 e. The molecule has 1 aliphatic heterocycles. The average Bonchev–Trinajstić information content (AvgIpc) is 3.31. The predicted molar refractivity (Wildman–Crippen MR) is 132 cm³/mol. The molecule has 0 radical (unpaired) electrons. The molecule has 31 heavy (non-hydrogen) atoms. The molecule has 0 saturated carbocycles. The molecule has 160 valence electrons. The Bertz CT molecular complexity index is 1130. The van der Waals surface area contributed by atoms with Gasteiger partial charge in [-0.25, -0.2) is 9.13 Å². The van der Waals surface area contributed by atoms with Crippen LogP contribution in [0.1, 0.15) is 39.4 Å². The molecule has 0 saturated heterocycles. The first-order valence-corrected chi connectivity index (χ1v) is 11.5. The molecule has 4 rings (SSSR count). The summed E-state index contributed by atoms with van der Waals surface area (Å²) in [7, 11) is 0. The minimum atomic E-state index is 0.938. The summed E-state index contributed by atoms with van der Waals surface area (Å²) in [6.45, 7) is 9.59. The van der Waals surface area contributed by atoms with Crippen LogP contribution in [0.15, 0.2) is 78.7 Å². The molecule has 0 amide bonds. The number of aryl methyl sites for hydroxylation is 2. The van der Waals surface area contributed by atoms with Crippen LogP contribution in [0.4, 0.5) is 11.4 Å². The molecular formula is C27H33N4+. The van der Waals surface area contributed by atoms with Gasteiger partial charge in [-0.1, -0.05) is 55.8 Å². The van der Waals surface area contributed by atoms with Crippen molar-refractivity contribution in [2.75, 3.05) is 16.8 Å². The van der Waals surface area contributed by atoms with Crippen molar-refractivity contribution in [2.45, 2.75) is 46.7 Å². The Kier molecular flexibility index (Phi) is 6.56. The molecule has 0 unspecified atom stereocenters. The highest BCUT2D eigenvalue weighted by atomic mass is 15.3. The van der Waals surface area contributed by atoms with Crippen LogP contribution in [-0.4, -0.2) is 11.1 Å². The first-order valence-electron chi connectivity index (χ1n) is 11.5. The summed E-state index contributed by atoms with van der Waals surface area (Å²) in [5, 5.41) is 3.52. The highest BCUT2D eigenvalue weighted by Crippen LogP contribution is 2.35. The van der Waals surface area contributed by atoms with E-state index in [1.54, 1.807) is 0 Å². The number of imidazole rings is 1. The Balaban J connectivity index is 1.58. The number of rotatable bonds is 8. The molecule has 4 heteroatoms. The molecule has 0 aliphatic carbocycles. The van der Waals surface area contributed by atoms with Crippen molar-refractivity contribution in [3.63, 3.8) is 0 Å². The van der Waals surface area contributed by atoms with Gasteiger partial charge in [-0.2, -0.15) is 0 Å². The SMILES string of the molecule is CCCC[n+]1c(/C=C/C=C/C=C2/Nc3ccccc3N2CC)n(CC)c2ccccc21. The summed E-state index contributed by atoms with van der Waals surface area (Å²) < 4.78 is 4.86. The minimum Gasteiger partial charge on any atom is -0.340 e. The Labute approximate surface area is 185 Å². The van der Waals surface area contributed by atoms with E-state index in [2.05, 4.69) is 119 Å². The zero-order valence-electron chi connectivity index (χ0n) is 18.9. The Morgan fingerprint density at radius 2 is 1.71 bits per heavy atom. The second-order valence-electron chi connectivity index (χ2n) is 7.78. The van der Waals surface area contributed by atoms with E-state index in [4.69, 9.17) is 0 Å². The lowest BCUT2D eigenvalue weighted by Gasteiger charge is -2.16. The van der Waals surface area contributed by atoms with E-state index in [0.717, 1.165) is 25.5 Å². The highest BCUT2D eigenvalue weighted by molar-refractivity contribution is 5.80. The first kappa shape index (κ1) is 21.0. The van der Waals surface area contributed by atoms with E-state index in [0.29, 0.717) is 0 Å². The maximum absolute atomic E-state index is 3.52. The summed E-state index contributed by atoms with van der Waals surface area (Å²) in [4.78, 5) is 2.30. The van der Waals surface area contributed by atoms with Crippen LogP contribution in [0.5, 0.6) is 0 Å².